The van der Waals surface area contributed by atoms with Gasteiger partial charge in [0, 0.05) is 5.56 Å². The highest BCUT2D eigenvalue weighted by atomic mass is 16.5. The van der Waals surface area contributed by atoms with Gasteiger partial charge in [0.05, 0.1) is 31.9 Å². The monoisotopic (exact) mass is 275 g/mol. The van der Waals surface area contributed by atoms with Crippen LogP contribution in [0.2, 0.25) is 0 Å². The molecule has 2 fully saturated rings. The average Bonchev–Trinajstić information content (AvgIpc) is 3.04. The number of nitrogens with zero attached hydrogens (tertiary/aromatic N) is 1. The van der Waals surface area contributed by atoms with Gasteiger partial charge in [-0.05, 0) is 36.1 Å². The van der Waals surface area contributed by atoms with E-state index in [2.05, 4.69) is 0 Å². The minimum Gasteiger partial charge on any atom is -0.393 e. The van der Waals surface area contributed by atoms with Crippen molar-refractivity contribution in [2.24, 2.45) is 0 Å². The number of hydrogen-bond donors (Lipinski definition) is 2. The van der Waals surface area contributed by atoms with E-state index in [1.165, 1.54) is 5.56 Å². The molecule has 2 N–H and O–H groups in total. The van der Waals surface area contributed by atoms with Crippen LogP contribution in [0.3, 0.4) is 0 Å². The third-order valence-corrected chi connectivity index (χ3v) is 4.60. The SMILES string of the molecule is O=C(c1ccc2c(c1)C1CCC2O1)N1CC(O)(CO)C1. The van der Waals surface area contributed by atoms with Crippen LogP contribution < -0.4 is 0 Å². The number of benzene rings is 1. The first-order valence-electron chi connectivity index (χ1n) is 7.01. The Bertz CT molecular complexity index is 579. The number of amides is 1. The lowest BCUT2D eigenvalue weighted by Crippen LogP contribution is -2.65. The molecule has 1 aromatic carbocycles. The molecule has 0 aliphatic carbocycles. The number of carbonyl (C=O) groups is 1. The number of β-amino-alcohol motifs (C(OH)–C–C–N with tert-alkyl or cyclic N) is 1. The van der Waals surface area contributed by atoms with E-state index < -0.39 is 5.60 Å². The molecular formula is C15H17NO4. The van der Waals surface area contributed by atoms with Gasteiger partial charge in [-0.2, -0.15) is 0 Å². The van der Waals surface area contributed by atoms with E-state index in [1.54, 1.807) is 4.90 Å². The van der Waals surface area contributed by atoms with Crippen molar-refractivity contribution in [3.63, 3.8) is 0 Å². The molecule has 2 atom stereocenters. The molecule has 1 aromatic rings. The van der Waals surface area contributed by atoms with E-state index in [0.717, 1.165) is 18.4 Å². The topological polar surface area (TPSA) is 70.0 Å². The summed E-state index contributed by atoms with van der Waals surface area (Å²) in [6.45, 7) is 0.0858. The summed E-state index contributed by atoms with van der Waals surface area (Å²) in [6.07, 6.45) is 2.46. The Balaban J connectivity index is 1.56. The maximum absolute atomic E-state index is 12.3. The molecule has 3 aliphatic heterocycles. The minimum atomic E-state index is -1.12. The number of aliphatic hydroxyl groups excluding tert-OH is 1. The number of aliphatic hydroxyl groups is 2. The van der Waals surface area contributed by atoms with Crippen LogP contribution in [0.1, 0.15) is 46.5 Å². The summed E-state index contributed by atoms with van der Waals surface area (Å²) in [7, 11) is 0. The number of ether oxygens (including phenoxy) is 1. The molecule has 2 unspecified atom stereocenters. The van der Waals surface area contributed by atoms with Crippen LogP contribution in [0.5, 0.6) is 0 Å². The predicted octanol–water partition coefficient (Wildman–Crippen LogP) is 0.772. The molecule has 0 aromatic heterocycles. The third kappa shape index (κ3) is 1.63. The Labute approximate surface area is 116 Å². The van der Waals surface area contributed by atoms with Crippen molar-refractivity contribution >= 4 is 5.91 Å². The van der Waals surface area contributed by atoms with Crippen LogP contribution in [-0.4, -0.2) is 46.3 Å². The van der Waals surface area contributed by atoms with Crippen molar-refractivity contribution in [1.29, 1.82) is 0 Å². The lowest BCUT2D eigenvalue weighted by Gasteiger charge is -2.45. The summed E-state index contributed by atoms with van der Waals surface area (Å²) in [5.41, 5.74) is 1.88. The molecular weight excluding hydrogens is 258 g/mol. The summed E-state index contributed by atoms with van der Waals surface area (Å²) in [6, 6.07) is 5.75. The highest BCUT2D eigenvalue weighted by molar-refractivity contribution is 5.95. The molecule has 2 bridgehead atoms. The van der Waals surface area contributed by atoms with Crippen LogP contribution in [0.4, 0.5) is 0 Å². The van der Waals surface area contributed by atoms with E-state index in [0.29, 0.717) is 5.56 Å². The number of hydrogen-bond acceptors (Lipinski definition) is 4. The second-order valence-electron chi connectivity index (χ2n) is 6.08. The minimum absolute atomic E-state index is 0.0892. The molecule has 20 heavy (non-hydrogen) atoms. The molecule has 106 valence electrons. The van der Waals surface area contributed by atoms with E-state index in [4.69, 9.17) is 9.84 Å². The van der Waals surface area contributed by atoms with E-state index in [1.807, 2.05) is 18.2 Å². The van der Waals surface area contributed by atoms with Crippen molar-refractivity contribution in [2.45, 2.75) is 30.7 Å². The summed E-state index contributed by atoms with van der Waals surface area (Å²) >= 11 is 0. The zero-order valence-electron chi connectivity index (χ0n) is 11.1. The maximum atomic E-state index is 12.3. The van der Waals surface area contributed by atoms with Gasteiger partial charge in [-0.3, -0.25) is 4.79 Å². The van der Waals surface area contributed by atoms with E-state index >= 15 is 0 Å². The Kier molecular flexibility index (Phi) is 2.49. The maximum Gasteiger partial charge on any atom is 0.254 e. The summed E-state index contributed by atoms with van der Waals surface area (Å²) in [4.78, 5) is 13.9. The number of likely N-dealkylation sites (tertiary alicyclic amines) is 1. The smallest absolute Gasteiger partial charge is 0.254 e. The molecule has 5 nitrogen and oxygen atoms in total. The number of fused-ring (bicyclic) bond motifs is 5. The standard InChI is InChI=1S/C15H17NO4/c17-8-15(19)6-16(7-15)14(18)9-1-2-10-11(5-9)13-4-3-12(10)20-13/h1-2,5,12-13,17,19H,3-4,6-8H2. The van der Waals surface area contributed by atoms with Gasteiger partial charge < -0.3 is 19.8 Å². The van der Waals surface area contributed by atoms with E-state index in [-0.39, 0.29) is 37.8 Å². The van der Waals surface area contributed by atoms with Crippen LogP contribution in [0.25, 0.3) is 0 Å². The quantitative estimate of drug-likeness (QED) is 0.836. The molecule has 0 radical (unpaired) electrons. The van der Waals surface area contributed by atoms with Crippen molar-refractivity contribution < 1.29 is 19.7 Å². The van der Waals surface area contributed by atoms with Gasteiger partial charge in [-0.25, -0.2) is 0 Å². The zero-order chi connectivity index (χ0) is 13.9. The van der Waals surface area contributed by atoms with Gasteiger partial charge in [-0.1, -0.05) is 6.07 Å². The summed E-state index contributed by atoms with van der Waals surface area (Å²) in [5.74, 6) is -0.0892. The molecule has 0 saturated carbocycles. The Morgan fingerprint density at radius 1 is 1.30 bits per heavy atom. The van der Waals surface area contributed by atoms with Gasteiger partial charge in [-0.15, -0.1) is 0 Å². The molecule has 2 saturated heterocycles. The van der Waals surface area contributed by atoms with Gasteiger partial charge in [0.15, 0.2) is 0 Å². The molecule has 0 spiro atoms. The first-order valence-corrected chi connectivity index (χ1v) is 7.01. The van der Waals surface area contributed by atoms with Gasteiger partial charge in [0.1, 0.15) is 5.60 Å². The number of rotatable bonds is 2. The van der Waals surface area contributed by atoms with Crippen molar-refractivity contribution in [1.82, 2.24) is 4.90 Å². The molecule has 1 amide bonds. The van der Waals surface area contributed by atoms with Crippen molar-refractivity contribution in [3.8, 4) is 0 Å². The summed E-state index contributed by atoms with van der Waals surface area (Å²) < 4.78 is 5.83. The van der Waals surface area contributed by atoms with E-state index in [9.17, 15) is 9.90 Å². The Hall–Kier alpha value is -1.43. The second kappa shape index (κ2) is 4.04. The predicted molar refractivity (Wildman–Crippen MR) is 70.2 cm³/mol. The van der Waals surface area contributed by atoms with Crippen LogP contribution in [0.15, 0.2) is 18.2 Å². The molecule has 3 aliphatic rings. The largest absolute Gasteiger partial charge is 0.393 e. The van der Waals surface area contributed by atoms with Crippen LogP contribution >= 0.6 is 0 Å². The third-order valence-electron chi connectivity index (χ3n) is 4.60. The normalized spacial score (nSPS) is 29.2. The van der Waals surface area contributed by atoms with Crippen LogP contribution in [-0.2, 0) is 4.74 Å². The second-order valence-corrected chi connectivity index (χ2v) is 6.08. The number of carbonyl (C=O) groups excluding carboxylic acids is 1. The highest BCUT2D eigenvalue weighted by Gasteiger charge is 2.44. The van der Waals surface area contributed by atoms with Crippen molar-refractivity contribution in [3.05, 3.63) is 34.9 Å². The van der Waals surface area contributed by atoms with Crippen LogP contribution in [0, 0.1) is 0 Å². The fourth-order valence-corrected chi connectivity index (χ4v) is 3.46. The molecule has 5 heteroatoms. The van der Waals surface area contributed by atoms with Crippen molar-refractivity contribution in [2.75, 3.05) is 19.7 Å². The Morgan fingerprint density at radius 3 is 2.70 bits per heavy atom. The summed E-state index contributed by atoms with van der Waals surface area (Å²) in [5, 5.41) is 18.8. The fourth-order valence-electron chi connectivity index (χ4n) is 3.46. The first-order chi connectivity index (χ1) is 9.59. The highest BCUT2D eigenvalue weighted by Crippen LogP contribution is 2.50. The van der Waals surface area contributed by atoms with Gasteiger partial charge >= 0.3 is 0 Å². The first kappa shape index (κ1) is 12.3. The zero-order valence-corrected chi connectivity index (χ0v) is 11.1. The fraction of sp³-hybridized carbons (Fsp3) is 0.533. The average molecular weight is 275 g/mol. The molecule has 3 heterocycles. The lowest BCUT2D eigenvalue weighted by molar-refractivity contribution is -0.109. The lowest BCUT2D eigenvalue weighted by atomic mass is 9.89. The Morgan fingerprint density at radius 2 is 2.00 bits per heavy atom. The van der Waals surface area contributed by atoms with Gasteiger partial charge in [0.2, 0.25) is 0 Å². The molecule has 4 rings (SSSR count). The van der Waals surface area contributed by atoms with Gasteiger partial charge in [0.25, 0.3) is 5.91 Å².